The van der Waals surface area contributed by atoms with Crippen molar-refractivity contribution < 1.29 is 0 Å². The normalized spacial score (nSPS) is 15.7. The first-order chi connectivity index (χ1) is 8.27. The van der Waals surface area contributed by atoms with Gasteiger partial charge in [-0.1, -0.05) is 18.2 Å². The fourth-order valence-electron chi connectivity index (χ4n) is 2.42. The zero-order chi connectivity index (χ0) is 11.8. The fraction of sp³-hybridized carbons (Fsp3) is 0.385. The summed E-state index contributed by atoms with van der Waals surface area (Å²) < 4.78 is 0. The molecule has 0 radical (unpaired) electrons. The predicted molar refractivity (Wildman–Crippen MR) is 67.9 cm³/mol. The molecule has 1 aliphatic heterocycles. The lowest BCUT2D eigenvalue weighted by molar-refractivity contribution is 0.555. The third-order valence-electron chi connectivity index (χ3n) is 3.32. The van der Waals surface area contributed by atoms with Crippen molar-refractivity contribution in [2.75, 3.05) is 18.1 Å². The Kier molecular flexibility index (Phi) is 2.35. The minimum absolute atomic E-state index is 0.00639. The summed E-state index contributed by atoms with van der Waals surface area (Å²) in [7, 11) is 0. The van der Waals surface area contributed by atoms with E-state index in [2.05, 4.69) is 5.10 Å². The molecule has 1 aromatic heterocycles. The summed E-state index contributed by atoms with van der Waals surface area (Å²) >= 11 is 0. The van der Waals surface area contributed by atoms with Gasteiger partial charge in [0.1, 0.15) is 0 Å². The van der Waals surface area contributed by atoms with E-state index in [4.69, 9.17) is 0 Å². The highest BCUT2D eigenvalue weighted by atomic mass is 16.1. The molecule has 4 heteroatoms. The second-order valence-corrected chi connectivity index (χ2v) is 4.49. The Morgan fingerprint density at radius 1 is 1.12 bits per heavy atom. The highest BCUT2D eigenvalue weighted by molar-refractivity contribution is 5.83. The predicted octanol–water partition coefficient (Wildman–Crippen LogP) is 1.44. The molecule has 3 rings (SSSR count). The van der Waals surface area contributed by atoms with Gasteiger partial charge in [0.2, 0.25) is 0 Å². The zero-order valence-electron chi connectivity index (χ0n) is 9.89. The molecule has 88 valence electrons. The second-order valence-electron chi connectivity index (χ2n) is 4.49. The fourth-order valence-corrected chi connectivity index (χ4v) is 2.42. The van der Waals surface area contributed by atoms with Crippen LogP contribution in [-0.2, 0) is 0 Å². The Morgan fingerprint density at radius 3 is 2.47 bits per heavy atom. The first-order valence-electron chi connectivity index (χ1n) is 6.01. The average molecular weight is 229 g/mol. The largest absolute Gasteiger partial charge is 0.293 e. The summed E-state index contributed by atoms with van der Waals surface area (Å²) in [5.41, 5.74) is 0.903. The molecular formula is C13H15N3O. The molecule has 4 nitrogen and oxygen atoms in total. The Hall–Kier alpha value is -1.84. The van der Waals surface area contributed by atoms with Crippen LogP contribution in [0.2, 0.25) is 0 Å². The maximum Gasteiger partial charge on any atom is 0.293 e. The van der Waals surface area contributed by atoms with E-state index >= 15 is 0 Å². The van der Waals surface area contributed by atoms with Crippen LogP contribution in [0.4, 0.5) is 0 Å². The molecule has 0 bridgehead atoms. The first kappa shape index (κ1) is 10.3. The van der Waals surface area contributed by atoms with Crippen molar-refractivity contribution in [1.29, 1.82) is 0 Å². The summed E-state index contributed by atoms with van der Waals surface area (Å²) in [6, 6.07) is 7.67. The number of hydrogen-bond donors (Lipinski definition) is 0. The van der Waals surface area contributed by atoms with Gasteiger partial charge in [0.05, 0.1) is 11.1 Å². The van der Waals surface area contributed by atoms with E-state index in [1.54, 1.807) is 4.79 Å². The van der Waals surface area contributed by atoms with Gasteiger partial charge in [0, 0.05) is 18.5 Å². The smallest absolute Gasteiger partial charge is 0.293 e. The molecule has 1 aliphatic rings. The number of rotatable bonds is 1. The van der Waals surface area contributed by atoms with Crippen molar-refractivity contribution in [2.24, 2.45) is 0 Å². The lowest BCUT2D eigenvalue weighted by Crippen LogP contribution is -2.42. The number of aryl methyl sites for hydroxylation is 1. The molecule has 1 fully saturated rings. The Morgan fingerprint density at radius 2 is 1.76 bits per heavy atom. The van der Waals surface area contributed by atoms with Crippen molar-refractivity contribution in [3.63, 3.8) is 0 Å². The van der Waals surface area contributed by atoms with Crippen LogP contribution < -0.4 is 10.6 Å². The number of fused-ring (bicyclic) bond motifs is 1. The van der Waals surface area contributed by atoms with Gasteiger partial charge in [-0.05, 0) is 25.8 Å². The van der Waals surface area contributed by atoms with Crippen molar-refractivity contribution in [2.45, 2.75) is 19.8 Å². The summed E-state index contributed by atoms with van der Waals surface area (Å²) in [4.78, 5) is 13.9. The summed E-state index contributed by atoms with van der Waals surface area (Å²) in [6.45, 7) is 3.80. The number of nitrogens with zero attached hydrogens (tertiary/aromatic N) is 3. The maximum absolute atomic E-state index is 12.3. The minimum Gasteiger partial charge on any atom is -0.293 e. The Labute approximate surface area is 99.4 Å². The van der Waals surface area contributed by atoms with Crippen LogP contribution >= 0.6 is 0 Å². The molecule has 2 aromatic rings. The molecule has 0 N–H and O–H groups in total. The third-order valence-corrected chi connectivity index (χ3v) is 3.32. The highest BCUT2D eigenvalue weighted by Gasteiger charge is 2.16. The van der Waals surface area contributed by atoms with Gasteiger partial charge in [-0.25, -0.2) is 0 Å². The van der Waals surface area contributed by atoms with Gasteiger partial charge in [-0.3, -0.25) is 9.80 Å². The SMILES string of the molecule is Cc1nn(N2CCCC2)c(=O)c2ccccc12. The van der Waals surface area contributed by atoms with E-state index in [9.17, 15) is 4.79 Å². The Balaban J connectivity index is 2.26. The standard InChI is InChI=1S/C13H15N3O/c1-10-11-6-2-3-7-12(11)13(17)16(14-10)15-8-4-5-9-15/h2-3,6-7H,4-5,8-9H2,1H3. The first-order valence-corrected chi connectivity index (χ1v) is 6.01. The van der Waals surface area contributed by atoms with Crippen LogP contribution in [-0.4, -0.2) is 23.0 Å². The number of benzene rings is 1. The van der Waals surface area contributed by atoms with Crippen LogP contribution in [0, 0.1) is 6.92 Å². The highest BCUT2D eigenvalue weighted by Crippen LogP contribution is 2.13. The van der Waals surface area contributed by atoms with E-state index in [0.29, 0.717) is 0 Å². The van der Waals surface area contributed by atoms with Crippen LogP contribution in [0.5, 0.6) is 0 Å². The molecule has 0 amide bonds. The van der Waals surface area contributed by atoms with Crippen LogP contribution in [0.25, 0.3) is 10.8 Å². The van der Waals surface area contributed by atoms with E-state index < -0.39 is 0 Å². The van der Waals surface area contributed by atoms with Gasteiger partial charge in [-0.2, -0.15) is 5.10 Å². The molecule has 2 heterocycles. The van der Waals surface area contributed by atoms with Gasteiger partial charge in [0.25, 0.3) is 5.56 Å². The summed E-state index contributed by atoms with van der Waals surface area (Å²) in [6.07, 6.45) is 2.28. The topological polar surface area (TPSA) is 38.1 Å². The van der Waals surface area contributed by atoms with Gasteiger partial charge >= 0.3 is 0 Å². The molecule has 0 saturated carbocycles. The maximum atomic E-state index is 12.3. The molecule has 1 saturated heterocycles. The van der Waals surface area contributed by atoms with Gasteiger partial charge in [0.15, 0.2) is 0 Å². The Bertz CT molecular complexity index is 612. The zero-order valence-corrected chi connectivity index (χ0v) is 9.89. The van der Waals surface area contributed by atoms with Crippen LogP contribution in [0.1, 0.15) is 18.5 Å². The van der Waals surface area contributed by atoms with E-state index in [0.717, 1.165) is 42.4 Å². The number of aromatic nitrogens is 2. The summed E-state index contributed by atoms with van der Waals surface area (Å²) in [5.74, 6) is 0. The van der Waals surface area contributed by atoms with Crippen molar-refractivity contribution in [3.05, 3.63) is 40.3 Å². The monoisotopic (exact) mass is 229 g/mol. The van der Waals surface area contributed by atoms with E-state index in [1.807, 2.05) is 36.2 Å². The second kappa shape index (κ2) is 3.87. The van der Waals surface area contributed by atoms with Gasteiger partial charge in [-0.15, -0.1) is 4.79 Å². The molecule has 0 spiro atoms. The quantitative estimate of drug-likeness (QED) is 0.742. The third kappa shape index (κ3) is 1.60. The molecule has 0 atom stereocenters. The molecule has 17 heavy (non-hydrogen) atoms. The summed E-state index contributed by atoms with van der Waals surface area (Å²) in [5, 5.41) is 8.15. The van der Waals surface area contributed by atoms with Crippen molar-refractivity contribution in [1.82, 2.24) is 9.89 Å². The van der Waals surface area contributed by atoms with Crippen molar-refractivity contribution in [3.8, 4) is 0 Å². The van der Waals surface area contributed by atoms with E-state index in [-0.39, 0.29) is 5.56 Å². The van der Waals surface area contributed by atoms with Gasteiger partial charge < -0.3 is 0 Å². The lowest BCUT2D eigenvalue weighted by atomic mass is 10.1. The van der Waals surface area contributed by atoms with Crippen LogP contribution in [0.15, 0.2) is 29.1 Å². The lowest BCUT2D eigenvalue weighted by Gasteiger charge is -2.19. The van der Waals surface area contributed by atoms with Crippen molar-refractivity contribution >= 4 is 10.8 Å². The minimum atomic E-state index is -0.00639. The average Bonchev–Trinajstić information content (AvgIpc) is 2.87. The molecule has 0 aliphatic carbocycles. The molecule has 0 unspecified atom stereocenters. The van der Waals surface area contributed by atoms with E-state index in [1.165, 1.54) is 0 Å². The molecule has 1 aromatic carbocycles. The number of hydrogen-bond acceptors (Lipinski definition) is 3. The molecular weight excluding hydrogens is 214 g/mol. The van der Waals surface area contributed by atoms with Crippen LogP contribution in [0.3, 0.4) is 0 Å².